The van der Waals surface area contributed by atoms with Crippen LogP contribution in [0.2, 0.25) is 0 Å². The fourth-order valence-corrected chi connectivity index (χ4v) is 3.79. The van der Waals surface area contributed by atoms with Gasteiger partial charge in [0.15, 0.2) is 0 Å². The van der Waals surface area contributed by atoms with Crippen molar-refractivity contribution in [2.75, 3.05) is 5.32 Å². The molecule has 8 nitrogen and oxygen atoms in total. The third kappa shape index (κ3) is 3.96. The van der Waals surface area contributed by atoms with Crippen LogP contribution in [-0.4, -0.2) is 24.8 Å². The van der Waals surface area contributed by atoms with Crippen molar-refractivity contribution < 1.29 is 4.79 Å². The van der Waals surface area contributed by atoms with Gasteiger partial charge in [-0.05, 0) is 37.3 Å². The summed E-state index contributed by atoms with van der Waals surface area (Å²) in [5.41, 5.74) is 1.63. The summed E-state index contributed by atoms with van der Waals surface area (Å²) >= 11 is 3.35. The molecule has 0 aliphatic heterocycles. The fourth-order valence-electron chi connectivity index (χ4n) is 3.43. The Bertz CT molecular complexity index is 1400. The predicted molar refractivity (Wildman–Crippen MR) is 123 cm³/mol. The molecule has 2 aromatic heterocycles. The van der Waals surface area contributed by atoms with E-state index in [0.29, 0.717) is 22.3 Å². The molecule has 9 heteroatoms. The van der Waals surface area contributed by atoms with E-state index in [-0.39, 0.29) is 35.7 Å². The van der Waals surface area contributed by atoms with Crippen molar-refractivity contribution in [1.82, 2.24) is 18.9 Å². The molecule has 0 atom stereocenters. The fraction of sp³-hybridized carbons (Fsp3) is 0.182. The number of nitrogens with zero attached hydrogens (tertiary/aromatic N) is 4. The van der Waals surface area contributed by atoms with Gasteiger partial charge in [-0.1, -0.05) is 34.1 Å². The number of aryl methyl sites for hydroxylation is 1. The molecular formula is C22H20BrN5O3. The quantitative estimate of drug-likeness (QED) is 0.474. The van der Waals surface area contributed by atoms with Crippen molar-refractivity contribution in [3.05, 3.63) is 85.7 Å². The monoisotopic (exact) mass is 481 g/mol. The first kappa shape index (κ1) is 20.8. The van der Waals surface area contributed by atoms with Crippen molar-refractivity contribution in [1.29, 1.82) is 0 Å². The molecule has 4 aromatic rings. The topological polar surface area (TPSA) is 90.9 Å². The van der Waals surface area contributed by atoms with Gasteiger partial charge in [0.05, 0.1) is 28.6 Å². The van der Waals surface area contributed by atoms with Crippen LogP contribution in [0.5, 0.6) is 0 Å². The molecule has 0 radical (unpaired) electrons. The van der Waals surface area contributed by atoms with E-state index in [1.165, 1.54) is 15.6 Å². The number of hydrogen-bond donors (Lipinski definition) is 1. The first-order valence-electron chi connectivity index (χ1n) is 9.65. The smallest absolute Gasteiger partial charge is 0.295 e. The second-order valence-electron chi connectivity index (χ2n) is 7.14. The number of carbonyl (C=O) groups excluding carboxylic acids is 1. The van der Waals surface area contributed by atoms with Crippen LogP contribution in [0.15, 0.2) is 68.9 Å². The number of carbonyl (C=O) groups is 1. The lowest BCUT2D eigenvalue weighted by Gasteiger charge is -2.08. The molecule has 0 aliphatic carbocycles. The largest absolute Gasteiger partial charge is 0.320 e. The van der Waals surface area contributed by atoms with Gasteiger partial charge in [-0.2, -0.15) is 0 Å². The van der Waals surface area contributed by atoms with Crippen molar-refractivity contribution >= 4 is 38.4 Å². The Labute approximate surface area is 185 Å². The summed E-state index contributed by atoms with van der Waals surface area (Å²) in [7, 11) is 1.76. The van der Waals surface area contributed by atoms with Crippen LogP contribution >= 0.6 is 15.9 Å². The SMILES string of the molecule is Cc1c(NC(=O)CCn2cnc3ccc(Br)cc3c2=O)c(=O)n(-c2ccccc2)n1C. The summed E-state index contributed by atoms with van der Waals surface area (Å²) < 4.78 is 5.38. The maximum absolute atomic E-state index is 12.9. The van der Waals surface area contributed by atoms with E-state index in [0.717, 1.165) is 4.47 Å². The summed E-state index contributed by atoms with van der Waals surface area (Å²) in [6.07, 6.45) is 1.46. The van der Waals surface area contributed by atoms with Crippen LogP contribution in [-0.2, 0) is 18.4 Å². The zero-order valence-corrected chi connectivity index (χ0v) is 18.6. The lowest BCUT2D eigenvalue weighted by molar-refractivity contribution is -0.116. The zero-order valence-electron chi connectivity index (χ0n) is 17.0. The van der Waals surface area contributed by atoms with Crippen molar-refractivity contribution in [2.24, 2.45) is 7.05 Å². The van der Waals surface area contributed by atoms with Gasteiger partial charge in [0.2, 0.25) is 5.91 Å². The number of aromatic nitrogens is 4. The summed E-state index contributed by atoms with van der Waals surface area (Å²) in [4.78, 5) is 42.4. The number of anilines is 1. The highest BCUT2D eigenvalue weighted by Crippen LogP contribution is 2.16. The molecular weight excluding hydrogens is 462 g/mol. The third-order valence-electron chi connectivity index (χ3n) is 5.18. The first-order chi connectivity index (χ1) is 14.9. The molecule has 0 bridgehead atoms. The maximum atomic E-state index is 12.9. The van der Waals surface area contributed by atoms with Gasteiger partial charge in [0, 0.05) is 24.5 Å². The van der Waals surface area contributed by atoms with Crippen molar-refractivity contribution in [3.63, 3.8) is 0 Å². The van der Waals surface area contributed by atoms with E-state index in [1.807, 2.05) is 36.4 Å². The predicted octanol–water partition coefficient (Wildman–Crippen LogP) is 2.99. The van der Waals surface area contributed by atoms with E-state index in [9.17, 15) is 14.4 Å². The lowest BCUT2D eigenvalue weighted by atomic mass is 10.2. The van der Waals surface area contributed by atoms with Crippen LogP contribution in [0.4, 0.5) is 5.69 Å². The number of amides is 1. The van der Waals surface area contributed by atoms with E-state index >= 15 is 0 Å². The standard InChI is InChI=1S/C22H20BrN5O3/c1-14-20(22(31)28(26(14)2)16-6-4-3-5-7-16)25-19(29)10-11-27-13-24-18-9-8-15(23)12-17(18)21(27)30/h3-9,12-13H,10-11H2,1-2H3,(H,25,29). The maximum Gasteiger partial charge on any atom is 0.295 e. The van der Waals surface area contributed by atoms with Crippen molar-refractivity contribution in [2.45, 2.75) is 19.9 Å². The minimum Gasteiger partial charge on any atom is -0.320 e. The van der Waals surface area contributed by atoms with E-state index in [2.05, 4.69) is 26.2 Å². The minimum atomic E-state index is -0.354. The van der Waals surface area contributed by atoms with Crippen molar-refractivity contribution in [3.8, 4) is 5.69 Å². The molecule has 0 fully saturated rings. The van der Waals surface area contributed by atoms with E-state index in [4.69, 9.17) is 0 Å². The summed E-state index contributed by atoms with van der Waals surface area (Å²) in [6.45, 7) is 1.92. The van der Waals surface area contributed by atoms with Crippen LogP contribution in [0.3, 0.4) is 0 Å². The molecule has 0 aliphatic rings. The average molecular weight is 482 g/mol. The first-order valence-corrected chi connectivity index (χ1v) is 10.4. The average Bonchev–Trinajstić information content (AvgIpc) is 2.97. The number of rotatable bonds is 5. The van der Waals surface area contributed by atoms with Crippen LogP contribution in [0, 0.1) is 6.92 Å². The number of halogens is 1. The molecule has 158 valence electrons. The van der Waals surface area contributed by atoms with Gasteiger partial charge in [-0.3, -0.25) is 23.6 Å². The number of fused-ring (bicyclic) bond motifs is 1. The highest BCUT2D eigenvalue weighted by atomic mass is 79.9. The zero-order chi connectivity index (χ0) is 22.1. The number of benzene rings is 2. The molecule has 31 heavy (non-hydrogen) atoms. The second-order valence-corrected chi connectivity index (χ2v) is 8.05. The second kappa shape index (κ2) is 8.35. The highest BCUT2D eigenvalue weighted by molar-refractivity contribution is 9.10. The Morgan fingerprint density at radius 1 is 1.10 bits per heavy atom. The third-order valence-corrected chi connectivity index (χ3v) is 5.68. The summed E-state index contributed by atoms with van der Waals surface area (Å²) in [6, 6.07) is 14.5. The lowest BCUT2D eigenvalue weighted by Crippen LogP contribution is -2.25. The van der Waals surface area contributed by atoms with Crippen LogP contribution in [0.1, 0.15) is 12.1 Å². The number of para-hydroxylation sites is 1. The van der Waals surface area contributed by atoms with Gasteiger partial charge < -0.3 is 5.32 Å². The van der Waals surface area contributed by atoms with E-state index < -0.39 is 0 Å². The number of nitrogens with one attached hydrogen (secondary N) is 1. The summed E-state index contributed by atoms with van der Waals surface area (Å²) in [5.74, 6) is -0.354. The molecule has 4 rings (SSSR count). The summed E-state index contributed by atoms with van der Waals surface area (Å²) in [5, 5.41) is 3.18. The molecule has 1 amide bonds. The van der Waals surface area contributed by atoms with Gasteiger partial charge in [0.25, 0.3) is 11.1 Å². The Hall–Kier alpha value is -3.46. The Balaban J connectivity index is 1.54. The number of hydrogen-bond acceptors (Lipinski definition) is 4. The van der Waals surface area contributed by atoms with Crippen LogP contribution in [0.25, 0.3) is 16.6 Å². The molecule has 0 saturated carbocycles. The van der Waals surface area contributed by atoms with E-state index in [1.54, 1.807) is 30.8 Å². The Morgan fingerprint density at radius 3 is 2.58 bits per heavy atom. The van der Waals surface area contributed by atoms with Gasteiger partial charge in [-0.15, -0.1) is 0 Å². The van der Waals surface area contributed by atoms with Gasteiger partial charge in [-0.25, -0.2) is 9.67 Å². The molecule has 0 saturated heterocycles. The Morgan fingerprint density at radius 2 is 1.84 bits per heavy atom. The molecule has 0 unspecified atom stereocenters. The van der Waals surface area contributed by atoms with Gasteiger partial charge >= 0.3 is 0 Å². The van der Waals surface area contributed by atoms with Crippen LogP contribution < -0.4 is 16.4 Å². The minimum absolute atomic E-state index is 0.0280. The molecule has 1 N–H and O–H groups in total. The highest BCUT2D eigenvalue weighted by Gasteiger charge is 2.18. The van der Waals surface area contributed by atoms with Gasteiger partial charge in [0.1, 0.15) is 5.69 Å². The molecule has 2 aromatic carbocycles. The molecule has 0 spiro atoms. The normalized spacial score (nSPS) is 11.1. The molecule has 2 heterocycles. The Kier molecular flexibility index (Phi) is 5.60.